The van der Waals surface area contributed by atoms with E-state index in [0.717, 1.165) is 24.8 Å². The Hall–Kier alpha value is -3.63. The van der Waals surface area contributed by atoms with E-state index in [2.05, 4.69) is 20.7 Å². The van der Waals surface area contributed by atoms with Crippen molar-refractivity contribution in [3.05, 3.63) is 53.6 Å². The Balaban J connectivity index is 1.42. The van der Waals surface area contributed by atoms with Gasteiger partial charge in [-0.2, -0.15) is 5.10 Å². The van der Waals surface area contributed by atoms with Gasteiger partial charge in [0, 0.05) is 25.3 Å². The second-order valence-corrected chi connectivity index (χ2v) is 11.6. The highest BCUT2D eigenvalue weighted by Crippen LogP contribution is 2.42. The molecule has 2 atom stereocenters. The second-order valence-electron chi connectivity index (χ2n) is 11.6. The van der Waals surface area contributed by atoms with E-state index in [-0.39, 0.29) is 55.3 Å². The maximum absolute atomic E-state index is 14.0. The molecule has 9 nitrogen and oxygen atoms in total. The van der Waals surface area contributed by atoms with Gasteiger partial charge in [0.1, 0.15) is 5.69 Å². The van der Waals surface area contributed by atoms with Crippen molar-refractivity contribution in [1.82, 2.24) is 30.2 Å². The van der Waals surface area contributed by atoms with Gasteiger partial charge >= 0.3 is 0 Å². The summed E-state index contributed by atoms with van der Waals surface area (Å²) in [5.74, 6) is -2.65. The summed E-state index contributed by atoms with van der Waals surface area (Å²) in [4.78, 5) is 34.9. The smallest absolute Gasteiger partial charge is 0.270 e. The van der Waals surface area contributed by atoms with E-state index < -0.39 is 17.9 Å². The molecule has 0 aliphatic heterocycles. The van der Waals surface area contributed by atoms with E-state index in [0.29, 0.717) is 29.6 Å². The zero-order valence-electron chi connectivity index (χ0n) is 23.8. The number of rotatable bonds is 11. The number of carbonyl (C=O) groups is 2. The highest BCUT2D eigenvalue weighted by atomic mass is 19.3. The van der Waals surface area contributed by atoms with Gasteiger partial charge < -0.3 is 15.4 Å². The number of ether oxygens (including phenoxy) is 1. The Morgan fingerprint density at radius 1 is 1.07 bits per heavy atom. The van der Waals surface area contributed by atoms with Crippen molar-refractivity contribution in [2.24, 2.45) is 11.8 Å². The van der Waals surface area contributed by atoms with E-state index in [1.807, 2.05) is 26.8 Å². The van der Waals surface area contributed by atoms with Gasteiger partial charge in [-0.15, -0.1) is 0 Å². The largest absolute Gasteiger partial charge is 0.475 e. The molecule has 11 heteroatoms. The van der Waals surface area contributed by atoms with Crippen LogP contribution in [-0.4, -0.2) is 43.4 Å². The summed E-state index contributed by atoms with van der Waals surface area (Å²) < 4.78 is 35.4. The molecule has 0 radical (unpaired) electrons. The Morgan fingerprint density at radius 3 is 2.49 bits per heavy atom. The third kappa shape index (κ3) is 7.18. The zero-order chi connectivity index (χ0) is 29.1. The molecule has 0 spiro atoms. The van der Waals surface area contributed by atoms with Crippen LogP contribution in [0.15, 0.2) is 36.7 Å². The fourth-order valence-corrected chi connectivity index (χ4v) is 5.50. The SMILES string of the molecule is CCCC(=O)N[C@@H](c1cnn2cc([C@@H](NC(=O)c3cccc(OC(C)C)n3)C3CCC(F)(F)CC3)nc2c1)C1CC1. The van der Waals surface area contributed by atoms with Crippen molar-refractivity contribution in [1.29, 1.82) is 0 Å². The van der Waals surface area contributed by atoms with Crippen LogP contribution in [0, 0.1) is 11.8 Å². The molecule has 2 amide bonds. The molecule has 0 bridgehead atoms. The Bertz CT molecular complexity index is 1380. The van der Waals surface area contributed by atoms with Crippen molar-refractivity contribution in [2.45, 2.75) is 96.2 Å². The number of amides is 2. The Labute approximate surface area is 238 Å². The minimum Gasteiger partial charge on any atom is -0.475 e. The van der Waals surface area contributed by atoms with Crippen LogP contribution in [0.4, 0.5) is 8.78 Å². The van der Waals surface area contributed by atoms with Crippen molar-refractivity contribution < 1.29 is 23.1 Å². The number of halogens is 2. The molecular weight excluding hydrogens is 530 g/mol. The standard InChI is InChI=1S/C30H38F2N6O3/c1-4-6-25(39)36-27(19-9-10-19)21-15-24-34-23(17-38(24)33-16-21)28(20-11-13-30(31,32)14-12-20)37-29(40)22-7-5-8-26(35-22)41-18(2)3/h5,7-8,15-20,27-28H,4,6,9-14H2,1-3H3,(H,36,39)(H,37,40)/t27-,28+/m1/s1. The first-order valence-electron chi connectivity index (χ1n) is 14.6. The van der Waals surface area contributed by atoms with Crippen molar-refractivity contribution in [3.63, 3.8) is 0 Å². The average molecular weight is 569 g/mol. The summed E-state index contributed by atoms with van der Waals surface area (Å²) in [5.41, 5.74) is 2.17. The quantitative estimate of drug-likeness (QED) is 0.313. The van der Waals surface area contributed by atoms with E-state index in [1.165, 1.54) is 0 Å². The predicted octanol–water partition coefficient (Wildman–Crippen LogP) is 5.58. The van der Waals surface area contributed by atoms with Crippen LogP contribution in [0.3, 0.4) is 0 Å². The number of hydrogen-bond donors (Lipinski definition) is 2. The molecular formula is C30H38F2N6O3. The lowest BCUT2D eigenvalue weighted by Crippen LogP contribution is -2.37. The van der Waals surface area contributed by atoms with E-state index in [1.54, 1.807) is 35.1 Å². The van der Waals surface area contributed by atoms with Gasteiger partial charge in [-0.25, -0.2) is 23.3 Å². The molecule has 5 rings (SSSR count). The number of alkyl halides is 2. The van der Waals surface area contributed by atoms with Crippen molar-refractivity contribution in [2.75, 3.05) is 0 Å². The zero-order valence-corrected chi connectivity index (χ0v) is 23.8. The first-order chi connectivity index (χ1) is 19.6. The van der Waals surface area contributed by atoms with Crippen LogP contribution < -0.4 is 15.4 Å². The van der Waals surface area contributed by atoms with Crippen LogP contribution in [0.5, 0.6) is 5.88 Å². The van der Waals surface area contributed by atoms with Gasteiger partial charge in [0.25, 0.3) is 5.91 Å². The minimum atomic E-state index is -2.70. The highest BCUT2D eigenvalue weighted by Gasteiger charge is 2.40. The van der Waals surface area contributed by atoms with Gasteiger partial charge in [-0.1, -0.05) is 13.0 Å². The van der Waals surface area contributed by atoms with E-state index in [4.69, 9.17) is 9.72 Å². The maximum Gasteiger partial charge on any atom is 0.270 e. The molecule has 220 valence electrons. The lowest BCUT2D eigenvalue weighted by molar-refractivity contribution is -0.122. The number of carbonyl (C=O) groups excluding carboxylic acids is 2. The monoisotopic (exact) mass is 568 g/mol. The highest BCUT2D eigenvalue weighted by molar-refractivity contribution is 5.92. The molecule has 2 saturated carbocycles. The van der Waals surface area contributed by atoms with Crippen LogP contribution in [0.1, 0.15) is 106 Å². The Kier molecular flexibility index (Phi) is 8.51. The third-order valence-electron chi connectivity index (χ3n) is 7.76. The molecule has 0 unspecified atom stereocenters. The summed E-state index contributed by atoms with van der Waals surface area (Å²) >= 11 is 0. The number of fused-ring (bicyclic) bond motifs is 1. The number of nitrogens with zero attached hydrogens (tertiary/aromatic N) is 4. The number of aromatic nitrogens is 4. The minimum absolute atomic E-state index is 0.0154. The molecule has 41 heavy (non-hydrogen) atoms. The first kappa shape index (κ1) is 28.9. The summed E-state index contributed by atoms with van der Waals surface area (Å²) in [6.45, 7) is 5.72. The van der Waals surface area contributed by atoms with Gasteiger partial charge in [0.2, 0.25) is 17.7 Å². The van der Waals surface area contributed by atoms with Crippen LogP contribution in [0.2, 0.25) is 0 Å². The molecule has 0 aromatic carbocycles. The normalized spacial score (nSPS) is 18.7. The number of hydrogen-bond acceptors (Lipinski definition) is 6. The summed E-state index contributed by atoms with van der Waals surface area (Å²) in [6.07, 6.45) is 6.73. The third-order valence-corrected chi connectivity index (χ3v) is 7.76. The fourth-order valence-electron chi connectivity index (χ4n) is 5.50. The molecule has 0 saturated heterocycles. The molecule has 2 aliphatic carbocycles. The van der Waals surface area contributed by atoms with Crippen LogP contribution >= 0.6 is 0 Å². The number of pyridine rings is 1. The number of imidazole rings is 1. The predicted molar refractivity (Wildman–Crippen MR) is 149 cm³/mol. The average Bonchev–Trinajstić information content (AvgIpc) is 3.68. The molecule has 3 heterocycles. The fraction of sp³-hybridized carbons (Fsp3) is 0.567. The second kappa shape index (κ2) is 12.1. The molecule has 2 fully saturated rings. The Morgan fingerprint density at radius 2 is 1.80 bits per heavy atom. The van der Waals surface area contributed by atoms with Crippen molar-refractivity contribution in [3.8, 4) is 5.88 Å². The first-order valence-corrected chi connectivity index (χ1v) is 14.6. The van der Waals surface area contributed by atoms with Crippen LogP contribution in [-0.2, 0) is 4.79 Å². The summed E-state index contributed by atoms with van der Waals surface area (Å²) in [6, 6.07) is 6.15. The van der Waals surface area contributed by atoms with Crippen molar-refractivity contribution >= 4 is 17.5 Å². The molecule has 3 aromatic heterocycles. The lowest BCUT2D eigenvalue weighted by atomic mass is 9.81. The van der Waals surface area contributed by atoms with Gasteiger partial charge in [-0.05, 0) is 75.5 Å². The van der Waals surface area contributed by atoms with E-state index >= 15 is 0 Å². The van der Waals surface area contributed by atoms with Gasteiger partial charge in [0.05, 0.1) is 36.3 Å². The topological polar surface area (TPSA) is 111 Å². The van der Waals surface area contributed by atoms with Gasteiger partial charge in [-0.3, -0.25) is 9.59 Å². The van der Waals surface area contributed by atoms with E-state index in [9.17, 15) is 18.4 Å². The lowest BCUT2D eigenvalue weighted by Gasteiger charge is -2.33. The molecule has 2 N–H and O–H groups in total. The summed E-state index contributed by atoms with van der Waals surface area (Å²) in [7, 11) is 0. The number of nitrogens with one attached hydrogen (secondary N) is 2. The van der Waals surface area contributed by atoms with Gasteiger partial charge in [0.15, 0.2) is 5.65 Å². The molecule has 3 aromatic rings. The molecule has 2 aliphatic rings. The van der Waals surface area contributed by atoms with Crippen LogP contribution in [0.25, 0.3) is 5.65 Å². The maximum atomic E-state index is 14.0. The summed E-state index contributed by atoms with van der Waals surface area (Å²) in [5, 5.41) is 10.7.